The van der Waals surface area contributed by atoms with Crippen LogP contribution in [0.25, 0.3) is 0 Å². The fourth-order valence-electron chi connectivity index (χ4n) is 0. The van der Waals surface area contributed by atoms with Crippen LogP contribution < -0.4 is 0 Å². The number of hydrogen-bond donors (Lipinski definition) is 0. The summed E-state index contributed by atoms with van der Waals surface area (Å²) in [5.41, 5.74) is 0. The molecule has 0 aromatic heterocycles. The molecule has 0 bridgehead atoms. The van der Waals surface area contributed by atoms with Crippen molar-refractivity contribution in [2.75, 3.05) is 20.0 Å². The molecule has 0 aliphatic rings. The van der Waals surface area contributed by atoms with E-state index < -0.39 is 0 Å². The third-order valence-corrected chi connectivity index (χ3v) is 0. The first-order valence-electron chi connectivity index (χ1n) is 1.34. The van der Waals surface area contributed by atoms with E-state index in [0.717, 1.165) is 0 Å². The van der Waals surface area contributed by atoms with E-state index in [1.54, 1.807) is 0 Å². The summed E-state index contributed by atoms with van der Waals surface area (Å²) in [7, 11) is 0.380. The molecule has 0 aromatic rings. The summed E-state index contributed by atoms with van der Waals surface area (Å²) in [6.45, 7) is 6.69. The van der Waals surface area contributed by atoms with Crippen LogP contribution in [-0.4, -0.2) is 25.5 Å². The van der Waals surface area contributed by atoms with E-state index in [-0.39, 0.29) is 29.4 Å². The molecule has 0 aliphatic heterocycles. The van der Waals surface area contributed by atoms with Gasteiger partial charge in [-0.05, 0) is 20.0 Å². The molecule has 1 N–H and O–H groups in total. The first-order valence-corrected chi connectivity index (χ1v) is 4.02. The van der Waals surface area contributed by atoms with Gasteiger partial charge in [-0.3, -0.25) is 0 Å². The molecule has 0 rings (SSSR count). The minimum atomic E-state index is 0. The number of hydrogen-bond acceptors (Lipinski definition) is 1. The maximum Gasteiger partial charge on any atom is 2.00 e. The van der Waals surface area contributed by atoms with Gasteiger partial charge in [-0.15, -0.1) is 7.92 Å². The van der Waals surface area contributed by atoms with Crippen molar-refractivity contribution in [3.63, 3.8) is 0 Å². The Morgan fingerprint density at radius 1 is 1.00 bits per heavy atom. The molecule has 0 fully saturated rings. The van der Waals surface area contributed by atoms with Crippen LogP contribution in [0.2, 0.25) is 0 Å². The molecule has 1 nitrogen and oxygen atoms in total. The van der Waals surface area contributed by atoms with Crippen molar-refractivity contribution < 1.29 is 22.0 Å². The van der Waals surface area contributed by atoms with Gasteiger partial charge in [0.15, 0.2) is 0 Å². The molecule has 0 amide bonds. The van der Waals surface area contributed by atoms with Gasteiger partial charge in [-0.25, -0.2) is 0 Å². The first-order chi connectivity index (χ1) is 1.73. The van der Waals surface area contributed by atoms with Crippen molar-refractivity contribution in [3.8, 4) is 0 Å². The normalized spacial score (nSPS) is 5.14. The average Bonchev–Trinajstić information content (AvgIpc) is 0.811. The monoisotopic (exact) mass is 166 g/mol. The first kappa shape index (κ1) is 24.8. The molecule has 0 spiro atoms. The Kier molecular flexibility index (Phi) is 55.9. The largest absolute Gasteiger partial charge is 2.00 e. The second-order valence-electron chi connectivity index (χ2n) is 1.34. The van der Waals surface area contributed by atoms with Gasteiger partial charge in [-0.1, -0.05) is 0 Å². The molecule has 0 unspecified atom stereocenters. The summed E-state index contributed by atoms with van der Waals surface area (Å²) < 4.78 is 0. The van der Waals surface area contributed by atoms with Crippen LogP contribution in [0.1, 0.15) is 0 Å². The van der Waals surface area contributed by atoms with E-state index in [1.165, 1.54) is 0 Å². The van der Waals surface area contributed by atoms with Gasteiger partial charge in [0.25, 0.3) is 0 Å². The Labute approximate surface area is 57.9 Å². The van der Waals surface area contributed by atoms with Gasteiger partial charge < -0.3 is 12.9 Å². The van der Waals surface area contributed by atoms with Crippen molar-refractivity contribution in [2.45, 2.75) is 0 Å². The third-order valence-electron chi connectivity index (χ3n) is 0. The van der Waals surface area contributed by atoms with Crippen LogP contribution in [0, 0.1) is 7.43 Å². The van der Waals surface area contributed by atoms with E-state index in [1.807, 2.05) is 0 Å². The van der Waals surface area contributed by atoms with E-state index in [0.29, 0.717) is 7.92 Å². The molecule has 50 valence electrons. The summed E-state index contributed by atoms with van der Waals surface area (Å²) in [5, 5.41) is 0. The van der Waals surface area contributed by atoms with Gasteiger partial charge in [0.1, 0.15) is 0 Å². The molecule has 0 saturated heterocycles. The van der Waals surface area contributed by atoms with Crippen LogP contribution in [0.5, 0.6) is 0 Å². The third kappa shape index (κ3) is 210. The minimum Gasteiger partial charge on any atom is -0.870 e. The summed E-state index contributed by atoms with van der Waals surface area (Å²) in [6.07, 6.45) is 0. The number of rotatable bonds is 0. The van der Waals surface area contributed by atoms with Crippen molar-refractivity contribution in [3.05, 3.63) is 7.43 Å². The molecule has 3 heteroatoms. The van der Waals surface area contributed by atoms with Crippen LogP contribution >= 0.6 is 7.92 Å². The minimum absolute atomic E-state index is 0. The smallest absolute Gasteiger partial charge is 0.870 e. The Morgan fingerprint density at radius 3 is 1.00 bits per heavy atom. The fraction of sp³-hybridized carbons (Fsp3) is 0.750. The van der Waals surface area contributed by atoms with Crippen molar-refractivity contribution in [1.29, 1.82) is 0 Å². The molecule has 0 radical (unpaired) electrons. The van der Waals surface area contributed by atoms with Gasteiger partial charge in [0.05, 0.1) is 0 Å². The van der Waals surface area contributed by atoms with Crippen LogP contribution in [-0.2, 0) is 16.5 Å². The zero-order valence-corrected chi connectivity index (χ0v) is 7.09. The Bertz CT molecular complexity index is 16.4. The maximum absolute atomic E-state index is 2.23. The van der Waals surface area contributed by atoms with Gasteiger partial charge >= 0.3 is 16.5 Å². The molecule has 0 aliphatic carbocycles. The topological polar surface area (TPSA) is 30.0 Å². The summed E-state index contributed by atoms with van der Waals surface area (Å²) in [4.78, 5) is 0. The molecule has 0 heterocycles. The SMILES string of the molecule is CP(C)C.[CH3-].[Ni+2].[OH-]. The molecule has 0 atom stereocenters. The molecule has 0 aromatic carbocycles. The maximum atomic E-state index is 2.23. The molecule has 0 saturated carbocycles. The Morgan fingerprint density at radius 2 is 1.00 bits per heavy atom. The van der Waals surface area contributed by atoms with Crippen molar-refractivity contribution >= 4 is 7.92 Å². The van der Waals surface area contributed by atoms with Crippen LogP contribution in [0.3, 0.4) is 0 Å². The van der Waals surface area contributed by atoms with E-state index in [2.05, 4.69) is 20.0 Å². The predicted octanol–water partition coefficient (Wildman–Crippen LogP) is 1.63. The zero-order chi connectivity index (χ0) is 3.58. The van der Waals surface area contributed by atoms with Gasteiger partial charge in [0, 0.05) is 0 Å². The quantitative estimate of drug-likeness (QED) is 0.306. The molecular formula is C4H13NiOP. The second-order valence-corrected chi connectivity index (χ2v) is 4.02. The molecular weight excluding hydrogens is 154 g/mol. The van der Waals surface area contributed by atoms with Crippen molar-refractivity contribution in [1.82, 2.24) is 0 Å². The Hall–Kier alpha value is 0.884. The summed E-state index contributed by atoms with van der Waals surface area (Å²) >= 11 is 0. The van der Waals surface area contributed by atoms with Crippen molar-refractivity contribution in [2.24, 2.45) is 0 Å². The van der Waals surface area contributed by atoms with E-state index in [4.69, 9.17) is 0 Å². The van der Waals surface area contributed by atoms with E-state index in [9.17, 15) is 0 Å². The summed E-state index contributed by atoms with van der Waals surface area (Å²) in [6, 6.07) is 0. The summed E-state index contributed by atoms with van der Waals surface area (Å²) in [5.74, 6) is 0. The second kappa shape index (κ2) is 15.8. The van der Waals surface area contributed by atoms with Gasteiger partial charge in [-0.2, -0.15) is 0 Å². The predicted molar refractivity (Wildman–Crippen MR) is 33.0 cm³/mol. The zero-order valence-electron chi connectivity index (χ0n) is 5.21. The molecule has 7 heavy (non-hydrogen) atoms. The Balaban J connectivity index is -0.0000000150. The fourth-order valence-corrected chi connectivity index (χ4v) is 0. The standard InChI is InChI=1S/C3H9P.CH3.Ni.H2O/c1-4(2)3;;;/h1-3H3;1H3;;1H2/q;-1;+2;/p-1. The van der Waals surface area contributed by atoms with E-state index >= 15 is 0 Å². The van der Waals surface area contributed by atoms with Crippen LogP contribution in [0.4, 0.5) is 0 Å². The van der Waals surface area contributed by atoms with Crippen LogP contribution in [0.15, 0.2) is 0 Å². The van der Waals surface area contributed by atoms with Gasteiger partial charge in [0.2, 0.25) is 0 Å². The average molecular weight is 167 g/mol.